The molecule has 0 aliphatic carbocycles. The molecule has 0 aliphatic heterocycles. The molecule has 3 rings (SSSR count). The highest BCUT2D eigenvalue weighted by Gasteiger charge is 2.10. The van der Waals surface area contributed by atoms with Crippen LogP contribution in [0.15, 0.2) is 60.0 Å². The minimum atomic E-state index is -0.361. The maximum Gasteiger partial charge on any atom is 0.337 e. The van der Waals surface area contributed by atoms with E-state index in [1.54, 1.807) is 18.5 Å². The lowest BCUT2D eigenvalue weighted by atomic mass is 10.1. The Kier molecular flexibility index (Phi) is 5.87. The monoisotopic (exact) mass is 382 g/mol. The van der Waals surface area contributed by atoms with Gasteiger partial charge in [0.05, 0.1) is 18.4 Å². The van der Waals surface area contributed by atoms with E-state index in [4.69, 9.17) is 4.74 Å². The van der Waals surface area contributed by atoms with Crippen molar-refractivity contribution in [3.8, 4) is 5.69 Å². The van der Waals surface area contributed by atoms with Crippen LogP contribution < -0.4 is 5.32 Å². The zero-order valence-corrected chi connectivity index (χ0v) is 15.7. The third-order valence-corrected chi connectivity index (χ3v) is 4.69. The summed E-state index contributed by atoms with van der Waals surface area (Å²) in [6.07, 6.45) is 1.63. The van der Waals surface area contributed by atoms with Gasteiger partial charge in [-0.2, -0.15) is 0 Å². The van der Waals surface area contributed by atoms with E-state index in [0.717, 1.165) is 11.3 Å². The average Bonchev–Trinajstić information content (AvgIpc) is 3.14. The number of thioether (sulfide) groups is 1. The summed E-state index contributed by atoms with van der Waals surface area (Å²) in [5.41, 5.74) is 3.04. The van der Waals surface area contributed by atoms with Gasteiger partial charge in [-0.1, -0.05) is 30.0 Å². The Bertz CT molecular complexity index is 971. The maximum absolute atomic E-state index is 11.7. The highest BCUT2D eigenvalue weighted by Crippen LogP contribution is 2.25. The summed E-state index contributed by atoms with van der Waals surface area (Å²) in [6, 6.07) is 14.7. The summed E-state index contributed by atoms with van der Waals surface area (Å²) in [4.78, 5) is 22.9. The zero-order valence-electron chi connectivity index (χ0n) is 14.9. The van der Waals surface area contributed by atoms with Gasteiger partial charge in [0.15, 0.2) is 5.16 Å². The van der Waals surface area contributed by atoms with E-state index in [0.29, 0.717) is 22.2 Å². The van der Waals surface area contributed by atoms with Crippen LogP contribution in [0.5, 0.6) is 0 Å². The van der Waals surface area contributed by atoms with Crippen LogP contribution in [0.3, 0.4) is 0 Å². The van der Waals surface area contributed by atoms with Crippen molar-refractivity contribution in [3.05, 3.63) is 66.0 Å². The van der Waals surface area contributed by atoms with Crippen molar-refractivity contribution < 1.29 is 14.3 Å². The Morgan fingerprint density at radius 2 is 2.00 bits per heavy atom. The number of nitrogens with zero attached hydrogens (tertiary/aromatic N) is 3. The zero-order chi connectivity index (χ0) is 19.2. The molecule has 0 radical (unpaired) electrons. The fourth-order valence-electron chi connectivity index (χ4n) is 2.49. The molecule has 1 heterocycles. The maximum atomic E-state index is 11.7. The number of hydrogen-bond acceptors (Lipinski definition) is 6. The van der Waals surface area contributed by atoms with E-state index in [9.17, 15) is 9.59 Å². The van der Waals surface area contributed by atoms with E-state index in [-0.39, 0.29) is 11.9 Å². The SMILES string of the molecule is COC(=O)c1cccc(CSc2nncn2-c2cccc(NC(C)=O)c2)c1. The van der Waals surface area contributed by atoms with Gasteiger partial charge in [0.25, 0.3) is 0 Å². The molecule has 0 spiro atoms. The fraction of sp³-hybridized carbons (Fsp3) is 0.158. The molecule has 0 atom stereocenters. The van der Waals surface area contributed by atoms with E-state index >= 15 is 0 Å². The summed E-state index contributed by atoms with van der Waals surface area (Å²) in [5.74, 6) is 0.130. The minimum Gasteiger partial charge on any atom is -0.465 e. The minimum absolute atomic E-state index is 0.129. The topological polar surface area (TPSA) is 86.1 Å². The summed E-state index contributed by atoms with van der Waals surface area (Å²) in [6.45, 7) is 1.47. The van der Waals surface area contributed by atoms with Crippen molar-refractivity contribution in [2.75, 3.05) is 12.4 Å². The standard InChI is InChI=1S/C19H18N4O3S/c1-13(24)21-16-7-4-8-17(10-16)23-12-20-22-19(23)27-11-14-5-3-6-15(9-14)18(25)26-2/h3-10,12H,11H2,1-2H3,(H,21,24). The van der Waals surface area contributed by atoms with Crippen molar-refractivity contribution in [2.24, 2.45) is 0 Å². The first kappa shape index (κ1) is 18.7. The van der Waals surface area contributed by atoms with Gasteiger partial charge >= 0.3 is 5.97 Å². The van der Waals surface area contributed by atoms with E-state index < -0.39 is 0 Å². The lowest BCUT2D eigenvalue weighted by molar-refractivity contribution is -0.114. The number of hydrogen-bond donors (Lipinski definition) is 1. The summed E-state index contributed by atoms with van der Waals surface area (Å²) >= 11 is 1.50. The Balaban J connectivity index is 1.76. The van der Waals surface area contributed by atoms with Crippen molar-refractivity contribution in [2.45, 2.75) is 17.8 Å². The number of anilines is 1. The first-order chi connectivity index (χ1) is 13.1. The lowest BCUT2D eigenvalue weighted by Gasteiger charge is -2.09. The summed E-state index contributed by atoms with van der Waals surface area (Å²) in [7, 11) is 1.36. The molecular formula is C19H18N4O3S. The van der Waals surface area contributed by atoms with Crippen molar-refractivity contribution >= 4 is 29.3 Å². The van der Waals surface area contributed by atoms with Crippen LogP contribution in [0, 0.1) is 0 Å². The number of rotatable bonds is 6. The number of aromatic nitrogens is 3. The number of esters is 1. The van der Waals surface area contributed by atoms with Crippen LogP contribution >= 0.6 is 11.8 Å². The number of benzene rings is 2. The number of ether oxygens (including phenoxy) is 1. The molecule has 3 aromatic rings. The van der Waals surface area contributed by atoms with Crippen LogP contribution in [-0.4, -0.2) is 33.8 Å². The molecule has 0 fully saturated rings. The van der Waals surface area contributed by atoms with E-state index in [1.165, 1.54) is 25.8 Å². The normalized spacial score (nSPS) is 10.4. The molecule has 1 N–H and O–H groups in total. The highest BCUT2D eigenvalue weighted by molar-refractivity contribution is 7.98. The first-order valence-electron chi connectivity index (χ1n) is 8.15. The first-order valence-corrected chi connectivity index (χ1v) is 9.13. The quantitative estimate of drug-likeness (QED) is 0.520. The molecule has 0 unspecified atom stereocenters. The van der Waals surface area contributed by atoms with Crippen molar-refractivity contribution in [1.82, 2.24) is 14.8 Å². The van der Waals surface area contributed by atoms with Crippen LogP contribution in [0.2, 0.25) is 0 Å². The summed E-state index contributed by atoms with van der Waals surface area (Å²) < 4.78 is 6.60. The predicted octanol–water partition coefficient (Wildman–Crippen LogP) is 3.30. The van der Waals surface area contributed by atoms with Gasteiger partial charge in [-0.25, -0.2) is 4.79 Å². The van der Waals surface area contributed by atoms with E-state index in [1.807, 2.05) is 41.0 Å². The molecule has 2 aromatic carbocycles. The molecule has 0 bridgehead atoms. The molecule has 138 valence electrons. The van der Waals surface area contributed by atoms with Crippen molar-refractivity contribution in [1.29, 1.82) is 0 Å². The molecule has 0 aliphatic rings. The Labute approximate surface area is 160 Å². The number of carbonyl (C=O) groups excluding carboxylic acids is 2. The smallest absolute Gasteiger partial charge is 0.337 e. The fourth-order valence-corrected chi connectivity index (χ4v) is 3.36. The second-order valence-electron chi connectivity index (χ2n) is 5.70. The Morgan fingerprint density at radius 3 is 2.78 bits per heavy atom. The second kappa shape index (κ2) is 8.50. The average molecular weight is 382 g/mol. The lowest BCUT2D eigenvalue weighted by Crippen LogP contribution is -2.06. The highest BCUT2D eigenvalue weighted by atomic mass is 32.2. The molecule has 7 nitrogen and oxygen atoms in total. The number of methoxy groups -OCH3 is 1. The molecular weight excluding hydrogens is 364 g/mol. The van der Waals surface area contributed by atoms with Crippen LogP contribution in [0.4, 0.5) is 5.69 Å². The van der Waals surface area contributed by atoms with Crippen LogP contribution in [-0.2, 0) is 15.3 Å². The van der Waals surface area contributed by atoms with Crippen LogP contribution in [0.25, 0.3) is 5.69 Å². The number of carbonyl (C=O) groups is 2. The van der Waals surface area contributed by atoms with Gasteiger partial charge in [-0.15, -0.1) is 10.2 Å². The van der Waals surface area contributed by atoms with Gasteiger partial charge in [0.2, 0.25) is 5.91 Å². The summed E-state index contributed by atoms with van der Waals surface area (Å²) in [5, 5.41) is 11.6. The van der Waals surface area contributed by atoms with Gasteiger partial charge in [0.1, 0.15) is 6.33 Å². The molecule has 0 saturated heterocycles. The van der Waals surface area contributed by atoms with Crippen molar-refractivity contribution in [3.63, 3.8) is 0 Å². The molecule has 1 amide bonds. The van der Waals surface area contributed by atoms with Gasteiger partial charge in [0, 0.05) is 18.4 Å². The molecule has 8 heteroatoms. The molecule has 0 saturated carbocycles. The van der Waals surface area contributed by atoms with Gasteiger partial charge in [-0.05, 0) is 35.9 Å². The number of amides is 1. The van der Waals surface area contributed by atoms with Gasteiger partial charge in [-0.3, -0.25) is 9.36 Å². The predicted molar refractivity (Wildman–Crippen MR) is 103 cm³/mol. The van der Waals surface area contributed by atoms with Gasteiger partial charge < -0.3 is 10.1 Å². The molecule has 27 heavy (non-hydrogen) atoms. The molecule has 1 aromatic heterocycles. The Morgan fingerprint density at radius 1 is 1.19 bits per heavy atom. The Hall–Kier alpha value is -3.13. The van der Waals surface area contributed by atoms with E-state index in [2.05, 4.69) is 15.5 Å². The third kappa shape index (κ3) is 4.73. The largest absolute Gasteiger partial charge is 0.465 e. The van der Waals surface area contributed by atoms with Crippen LogP contribution in [0.1, 0.15) is 22.8 Å². The number of nitrogens with one attached hydrogen (secondary N) is 1. The second-order valence-corrected chi connectivity index (χ2v) is 6.64. The third-order valence-electron chi connectivity index (χ3n) is 3.68.